The van der Waals surface area contributed by atoms with E-state index >= 15 is 0 Å². The number of hydrogen-bond acceptors (Lipinski definition) is 2. The maximum Gasteiger partial charge on any atom is 0.307 e. The van der Waals surface area contributed by atoms with Crippen molar-refractivity contribution in [3.05, 3.63) is 12.2 Å². The number of allylic oxidation sites excluding steroid dienone is 2. The van der Waals surface area contributed by atoms with Gasteiger partial charge in [0.25, 0.3) is 0 Å². The lowest BCUT2D eigenvalue weighted by atomic mass is 9.75. The molecular weight excluding hydrogens is 316 g/mol. The highest BCUT2D eigenvalue weighted by molar-refractivity contribution is 5.71. The molecule has 1 rings (SSSR count). The summed E-state index contributed by atoms with van der Waals surface area (Å²) >= 11 is 0. The van der Waals surface area contributed by atoms with Gasteiger partial charge in [-0.25, -0.2) is 0 Å². The quantitative estimate of drug-likeness (QED) is 0.312. The topological polar surface area (TPSA) is 74.6 Å². The lowest BCUT2D eigenvalue weighted by molar-refractivity contribution is -0.144. The van der Waals surface area contributed by atoms with Crippen LogP contribution in [0.2, 0.25) is 0 Å². The number of carboxylic acid groups (broad SMARTS) is 2. The summed E-state index contributed by atoms with van der Waals surface area (Å²) in [6.07, 6.45) is 17.4. The first-order valence-corrected chi connectivity index (χ1v) is 10.2. The number of rotatable bonds is 14. The second-order valence-corrected chi connectivity index (χ2v) is 7.54. The van der Waals surface area contributed by atoms with Gasteiger partial charge in [0.15, 0.2) is 0 Å². The Labute approximate surface area is 152 Å². The predicted octanol–water partition coefficient (Wildman–Crippen LogP) is 5.67. The molecule has 0 bridgehead atoms. The summed E-state index contributed by atoms with van der Waals surface area (Å²) in [4.78, 5) is 22.1. The van der Waals surface area contributed by atoms with E-state index in [4.69, 9.17) is 5.11 Å². The van der Waals surface area contributed by atoms with Crippen molar-refractivity contribution in [2.75, 3.05) is 0 Å². The van der Waals surface area contributed by atoms with Crippen molar-refractivity contribution in [2.45, 2.75) is 90.4 Å². The minimum absolute atomic E-state index is 0.210. The van der Waals surface area contributed by atoms with E-state index < -0.39 is 11.9 Å². The largest absolute Gasteiger partial charge is 0.481 e. The number of unbranched alkanes of at least 4 members (excludes halogenated alkanes) is 7. The second kappa shape index (κ2) is 13.0. The molecule has 0 saturated carbocycles. The molecule has 4 heteroatoms. The number of carbonyl (C=O) groups is 2. The van der Waals surface area contributed by atoms with Crippen LogP contribution in [0.25, 0.3) is 0 Å². The first kappa shape index (κ1) is 21.7. The molecule has 2 N–H and O–H groups in total. The van der Waals surface area contributed by atoms with Crippen molar-refractivity contribution in [1.29, 1.82) is 0 Å². The van der Waals surface area contributed by atoms with Crippen molar-refractivity contribution in [3.8, 4) is 0 Å². The van der Waals surface area contributed by atoms with E-state index in [1.807, 2.05) is 0 Å². The van der Waals surface area contributed by atoms with Crippen molar-refractivity contribution in [2.24, 2.45) is 17.8 Å². The van der Waals surface area contributed by atoms with E-state index in [1.165, 1.54) is 19.3 Å². The molecule has 0 aliphatic heterocycles. The van der Waals surface area contributed by atoms with Crippen LogP contribution in [0, 0.1) is 17.8 Å². The minimum atomic E-state index is -0.712. The summed E-state index contributed by atoms with van der Waals surface area (Å²) in [5.74, 6) is -0.958. The highest BCUT2D eigenvalue weighted by Gasteiger charge is 2.31. The molecule has 0 heterocycles. The zero-order valence-electron chi connectivity index (χ0n) is 15.8. The molecule has 0 fully saturated rings. The zero-order valence-corrected chi connectivity index (χ0v) is 15.8. The van der Waals surface area contributed by atoms with Crippen LogP contribution in [0.4, 0.5) is 0 Å². The van der Waals surface area contributed by atoms with Crippen LogP contribution >= 0.6 is 0 Å². The minimum Gasteiger partial charge on any atom is -0.481 e. The van der Waals surface area contributed by atoms with Gasteiger partial charge in [0.2, 0.25) is 0 Å². The first-order chi connectivity index (χ1) is 12.0. The summed E-state index contributed by atoms with van der Waals surface area (Å²) in [7, 11) is 0. The molecule has 0 saturated heterocycles. The molecule has 1 aliphatic rings. The molecule has 3 unspecified atom stereocenters. The highest BCUT2D eigenvalue weighted by Crippen LogP contribution is 2.34. The normalized spacial score (nSPS) is 22.8. The van der Waals surface area contributed by atoms with E-state index in [9.17, 15) is 14.7 Å². The molecule has 4 nitrogen and oxygen atoms in total. The Bertz CT molecular complexity index is 416. The van der Waals surface area contributed by atoms with Gasteiger partial charge < -0.3 is 10.2 Å². The fourth-order valence-corrected chi connectivity index (χ4v) is 3.83. The van der Waals surface area contributed by atoms with Gasteiger partial charge in [-0.1, -0.05) is 70.4 Å². The Morgan fingerprint density at radius 3 is 2.20 bits per heavy atom. The summed E-state index contributed by atoms with van der Waals surface area (Å²) < 4.78 is 0. The molecule has 1 aliphatic carbocycles. The average molecular weight is 353 g/mol. The molecule has 25 heavy (non-hydrogen) atoms. The fourth-order valence-electron chi connectivity index (χ4n) is 3.83. The standard InChI is InChI=1S/C21H36O4/c1-2-3-4-9-12-18-15-14-17(16-19(18)21(24)25)11-8-6-5-7-10-13-20(22)23/h14-15,17-19H,2-13,16H2,1H3,(H,22,23)(H,24,25). The summed E-state index contributed by atoms with van der Waals surface area (Å²) in [5.41, 5.74) is 0. The Morgan fingerprint density at radius 1 is 0.880 bits per heavy atom. The molecular formula is C21H36O4. The van der Waals surface area contributed by atoms with E-state index in [2.05, 4.69) is 19.1 Å². The lowest BCUT2D eigenvalue weighted by Crippen LogP contribution is -2.28. The van der Waals surface area contributed by atoms with Gasteiger partial charge in [-0.05, 0) is 37.5 Å². The summed E-state index contributed by atoms with van der Waals surface area (Å²) in [6.45, 7) is 2.19. The second-order valence-electron chi connectivity index (χ2n) is 7.54. The van der Waals surface area contributed by atoms with Crippen LogP contribution in [0.15, 0.2) is 12.2 Å². The van der Waals surface area contributed by atoms with Gasteiger partial charge in [-0.3, -0.25) is 9.59 Å². The Hall–Kier alpha value is -1.32. The average Bonchev–Trinajstić information content (AvgIpc) is 2.58. The van der Waals surface area contributed by atoms with E-state index in [0.717, 1.165) is 57.8 Å². The van der Waals surface area contributed by atoms with Gasteiger partial charge >= 0.3 is 11.9 Å². The number of aliphatic carboxylic acids is 2. The number of hydrogen-bond donors (Lipinski definition) is 2. The van der Waals surface area contributed by atoms with Crippen molar-refractivity contribution >= 4 is 11.9 Å². The zero-order chi connectivity index (χ0) is 18.5. The molecule has 3 atom stereocenters. The smallest absolute Gasteiger partial charge is 0.307 e. The summed E-state index contributed by atoms with van der Waals surface area (Å²) in [6, 6.07) is 0. The van der Waals surface area contributed by atoms with Crippen molar-refractivity contribution < 1.29 is 19.8 Å². The number of carboxylic acids is 2. The van der Waals surface area contributed by atoms with Crippen molar-refractivity contribution in [1.82, 2.24) is 0 Å². The molecule has 0 aromatic carbocycles. The molecule has 0 radical (unpaired) electrons. The Kier molecular flexibility index (Phi) is 11.3. The van der Waals surface area contributed by atoms with Gasteiger partial charge in [0, 0.05) is 6.42 Å². The van der Waals surface area contributed by atoms with Crippen LogP contribution in [-0.2, 0) is 9.59 Å². The molecule has 144 valence electrons. The van der Waals surface area contributed by atoms with Gasteiger partial charge in [-0.2, -0.15) is 0 Å². The fraction of sp³-hybridized carbons (Fsp3) is 0.810. The maximum atomic E-state index is 11.6. The lowest BCUT2D eigenvalue weighted by Gasteiger charge is -2.29. The first-order valence-electron chi connectivity index (χ1n) is 10.2. The van der Waals surface area contributed by atoms with E-state index in [-0.39, 0.29) is 18.3 Å². The monoisotopic (exact) mass is 352 g/mol. The van der Waals surface area contributed by atoms with Crippen LogP contribution in [0.5, 0.6) is 0 Å². The molecule has 0 aromatic rings. The van der Waals surface area contributed by atoms with E-state index in [1.54, 1.807) is 0 Å². The maximum absolute atomic E-state index is 11.6. The highest BCUT2D eigenvalue weighted by atomic mass is 16.4. The third kappa shape index (κ3) is 9.66. The van der Waals surface area contributed by atoms with Crippen LogP contribution in [-0.4, -0.2) is 22.2 Å². The molecule has 0 aromatic heterocycles. The summed E-state index contributed by atoms with van der Waals surface area (Å²) in [5, 5.41) is 18.2. The van der Waals surface area contributed by atoms with Crippen LogP contribution in [0.1, 0.15) is 90.4 Å². The Morgan fingerprint density at radius 2 is 1.52 bits per heavy atom. The van der Waals surface area contributed by atoms with E-state index in [0.29, 0.717) is 5.92 Å². The predicted molar refractivity (Wildman–Crippen MR) is 101 cm³/mol. The SMILES string of the molecule is CCCCCCC1C=CC(CCCCCCCC(=O)O)CC1C(=O)O. The van der Waals surface area contributed by atoms with Crippen LogP contribution < -0.4 is 0 Å². The Balaban J connectivity index is 2.25. The van der Waals surface area contributed by atoms with Crippen molar-refractivity contribution in [3.63, 3.8) is 0 Å². The van der Waals surface area contributed by atoms with Gasteiger partial charge in [-0.15, -0.1) is 0 Å². The molecule has 0 spiro atoms. The van der Waals surface area contributed by atoms with Gasteiger partial charge in [0.1, 0.15) is 0 Å². The molecule has 0 amide bonds. The third-order valence-electron chi connectivity index (χ3n) is 5.38. The van der Waals surface area contributed by atoms with Gasteiger partial charge in [0.05, 0.1) is 5.92 Å². The van der Waals surface area contributed by atoms with Crippen LogP contribution in [0.3, 0.4) is 0 Å². The third-order valence-corrected chi connectivity index (χ3v) is 5.38.